The van der Waals surface area contributed by atoms with Crippen molar-refractivity contribution in [2.45, 2.75) is 31.1 Å². The zero-order valence-corrected chi connectivity index (χ0v) is 14.3. The lowest BCUT2D eigenvalue weighted by Gasteiger charge is -2.31. The van der Waals surface area contributed by atoms with Gasteiger partial charge in [-0.15, -0.1) is 0 Å². The number of nitro benzene ring substituents is 1. The first kappa shape index (κ1) is 17.8. The van der Waals surface area contributed by atoms with E-state index in [-0.39, 0.29) is 10.6 Å². The Morgan fingerprint density at radius 3 is 2.57 bits per heavy atom. The number of rotatable bonds is 6. The Bertz CT molecular complexity index is 667. The molecular formula is C15H23N3O4S. The second kappa shape index (κ2) is 7.37. The van der Waals surface area contributed by atoms with Gasteiger partial charge in [0.05, 0.1) is 4.92 Å². The number of nitro groups is 1. The molecular weight excluding hydrogens is 318 g/mol. The minimum atomic E-state index is -3.84. The Hall–Kier alpha value is -1.51. The van der Waals surface area contributed by atoms with E-state index in [0.29, 0.717) is 24.6 Å². The van der Waals surface area contributed by atoms with Gasteiger partial charge in [0.2, 0.25) is 10.0 Å². The van der Waals surface area contributed by atoms with Crippen molar-refractivity contribution < 1.29 is 13.3 Å². The van der Waals surface area contributed by atoms with Crippen LogP contribution in [-0.2, 0) is 10.0 Å². The highest BCUT2D eigenvalue weighted by Gasteiger charge is 2.35. The molecule has 0 unspecified atom stereocenters. The molecule has 23 heavy (non-hydrogen) atoms. The van der Waals surface area contributed by atoms with Crippen molar-refractivity contribution in [1.82, 2.24) is 9.62 Å². The SMILES string of the molecule is CNCCC1CCN(S(=O)(=O)c2c(C)cccc2[N+](=O)[O-])CC1. The van der Waals surface area contributed by atoms with Gasteiger partial charge in [0.25, 0.3) is 5.69 Å². The van der Waals surface area contributed by atoms with E-state index in [0.717, 1.165) is 25.8 Å². The number of hydrogen-bond donors (Lipinski definition) is 1. The molecule has 1 fully saturated rings. The standard InChI is InChI=1S/C15H23N3O4S/c1-12-4-3-5-14(18(19)20)15(12)23(21,22)17-10-7-13(8-11-17)6-9-16-2/h3-5,13,16H,6-11H2,1-2H3. The quantitative estimate of drug-likeness (QED) is 0.630. The van der Waals surface area contributed by atoms with Gasteiger partial charge >= 0.3 is 0 Å². The van der Waals surface area contributed by atoms with E-state index in [1.165, 1.54) is 16.4 Å². The third-order valence-electron chi connectivity index (χ3n) is 4.36. The van der Waals surface area contributed by atoms with Crippen molar-refractivity contribution in [3.63, 3.8) is 0 Å². The number of aryl methyl sites for hydroxylation is 1. The number of sulfonamides is 1. The summed E-state index contributed by atoms with van der Waals surface area (Å²) in [4.78, 5) is 10.4. The van der Waals surface area contributed by atoms with Crippen LogP contribution in [0.25, 0.3) is 0 Å². The summed E-state index contributed by atoms with van der Waals surface area (Å²) in [7, 11) is -1.94. The molecule has 1 aliphatic rings. The molecule has 1 aromatic rings. The first-order valence-electron chi connectivity index (χ1n) is 7.76. The van der Waals surface area contributed by atoms with Crippen LogP contribution in [0.4, 0.5) is 5.69 Å². The lowest BCUT2D eigenvalue weighted by atomic mass is 9.95. The molecule has 0 atom stereocenters. The van der Waals surface area contributed by atoms with Gasteiger partial charge in [-0.2, -0.15) is 4.31 Å². The average Bonchev–Trinajstić information content (AvgIpc) is 2.52. The highest BCUT2D eigenvalue weighted by atomic mass is 32.2. The number of piperidine rings is 1. The molecule has 0 aliphatic carbocycles. The van der Waals surface area contributed by atoms with E-state index < -0.39 is 14.9 Å². The Morgan fingerprint density at radius 2 is 2.00 bits per heavy atom. The smallest absolute Gasteiger partial charge is 0.289 e. The maximum Gasteiger partial charge on any atom is 0.289 e. The summed E-state index contributed by atoms with van der Waals surface area (Å²) in [6, 6.07) is 4.36. The fraction of sp³-hybridized carbons (Fsp3) is 0.600. The Balaban J connectivity index is 2.23. The normalized spacial score (nSPS) is 17.3. The number of benzene rings is 1. The topological polar surface area (TPSA) is 92.6 Å². The molecule has 1 N–H and O–H groups in total. The predicted octanol–water partition coefficient (Wildman–Crippen LogP) is 1.91. The predicted molar refractivity (Wildman–Crippen MR) is 87.9 cm³/mol. The summed E-state index contributed by atoms with van der Waals surface area (Å²) in [5.74, 6) is 0.501. The van der Waals surface area contributed by atoms with Gasteiger partial charge in [-0.25, -0.2) is 8.42 Å². The first-order valence-corrected chi connectivity index (χ1v) is 9.20. The largest absolute Gasteiger partial charge is 0.320 e. The van der Waals surface area contributed by atoms with Crippen LogP contribution in [-0.4, -0.2) is 44.3 Å². The van der Waals surface area contributed by atoms with Gasteiger partial charge in [0, 0.05) is 19.2 Å². The molecule has 0 amide bonds. The molecule has 1 heterocycles. The van der Waals surface area contributed by atoms with Crippen LogP contribution in [0.5, 0.6) is 0 Å². The summed E-state index contributed by atoms with van der Waals surface area (Å²) in [5, 5.41) is 14.3. The van der Waals surface area contributed by atoms with Crippen LogP contribution in [0, 0.1) is 23.0 Å². The molecule has 8 heteroatoms. The van der Waals surface area contributed by atoms with E-state index in [9.17, 15) is 18.5 Å². The minimum Gasteiger partial charge on any atom is -0.320 e. The van der Waals surface area contributed by atoms with Crippen LogP contribution < -0.4 is 5.32 Å². The highest BCUT2D eigenvalue weighted by Crippen LogP contribution is 2.32. The molecule has 1 aromatic carbocycles. The Morgan fingerprint density at radius 1 is 1.35 bits per heavy atom. The van der Waals surface area contributed by atoms with E-state index in [1.807, 2.05) is 7.05 Å². The van der Waals surface area contributed by atoms with Crippen molar-refractivity contribution in [2.75, 3.05) is 26.7 Å². The Kier molecular flexibility index (Phi) is 5.72. The molecule has 7 nitrogen and oxygen atoms in total. The third-order valence-corrected chi connectivity index (χ3v) is 6.45. The van der Waals surface area contributed by atoms with Crippen LogP contribution in [0.1, 0.15) is 24.8 Å². The number of nitrogens with zero attached hydrogens (tertiary/aromatic N) is 2. The van der Waals surface area contributed by atoms with E-state index in [4.69, 9.17) is 0 Å². The van der Waals surface area contributed by atoms with E-state index in [1.54, 1.807) is 13.0 Å². The first-order chi connectivity index (χ1) is 10.9. The fourth-order valence-corrected chi connectivity index (χ4v) is 4.86. The van der Waals surface area contributed by atoms with Crippen LogP contribution in [0.15, 0.2) is 23.1 Å². The number of nitrogens with one attached hydrogen (secondary N) is 1. The van der Waals surface area contributed by atoms with E-state index in [2.05, 4.69) is 5.32 Å². The van der Waals surface area contributed by atoms with Gasteiger partial charge in [0.1, 0.15) is 0 Å². The molecule has 1 aliphatic heterocycles. The maximum atomic E-state index is 12.9. The zero-order valence-electron chi connectivity index (χ0n) is 13.5. The second-order valence-electron chi connectivity index (χ2n) is 5.92. The summed E-state index contributed by atoms with van der Waals surface area (Å²) < 4.78 is 27.1. The van der Waals surface area contributed by atoms with Gasteiger partial charge in [-0.1, -0.05) is 12.1 Å². The summed E-state index contributed by atoms with van der Waals surface area (Å²) in [6.45, 7) is 3.35. The van der Waals surface area contributed by atoms with Crippen molar-refractivity contribution in [1.29, 1.82) is 0 Å². The number of hydrogen-bond acceptors (Lipinski definition) is 5. The van der Waals surface area contributed by atoms with Crippen molar-refractivity contribution >= 4 is 15.7 Å². The molecule has 128 valence electrons. The molecule has 2 rings (SSSR count). The summed E-state index contributed by atoms with van der Waals surface area (Å²) in [5.41, 5.74) is 0.0683. The van der Waals surface area contributed by atoms with Gasteiger partial charge in [0.15, 0.2) is 4.90 Å². The zero-order chi connectivity index (χ0) is 17.0. The van der Waals surface area contributed by atoms with Crippen molar-refractivity contribution in [3.8, 4) is 0 Å². The molecule has 0 saturated carbocycles. The maximum absolute atomic E-state index is 12.9. The molecule has 0 radical (unpaired) electrons. The van der Waals surface area contributed by atoms with Gasteiger partial charge < -0.3 is 5.32 Å². The summed E-state index contributed by atoms with van der Waals surface area (Å²) >= 11 is 0. The lowest BCUT2D eigenvalue weighted by Crippen LogP contribution is -2.39. The third kappa shape index (κ3) is 3.88. The fourth-order valence-electron chi connectivity index (χ4n) is 3.03. The molecule has 0 aromatic heterocycles. The monoisotopic (exact) mass is 341 g/mol. The minimum absolute atomic E-state index is 0.168. The summed E-state index contributed by atoms with van der Waals surface area (Å²) in [6.07, 6.45) is 2.61. The van der Waals surface area contributed by atoms with E-state index >= 15 is 0 Å². The molecule has 1 saturated heterocycles. The van der Waals surface area contributed by atoms with Gasteiger partial charge in [-0.05, 0) is 51.3 Å². The highest BCUT2D eigenvalue weighted by molar-refractivity contribution is 7.89. The van der Waals surface area contributed by atoms with Crippen LogP contribution >= 0.6 is 0 Å². The van der Waals surface area contributed by atoms with Crippen molar-refractivity contribution in [2.24, 2.45) is 5.92 Å². The molecule has 0 bridgehead atoms. The Labute approximate surface area is 136 Å². The lowest BCUT2D eigenvalue weighted by molar-refractivity contribution is -0.387. The van der Waals surface area contributed by atoms with Crippen molar-refractivity contribution in [3.05, 3.63) is 33.9 Å². The second-order valence-corrected chi connectivity index (χ2v) is 7.79. The molecule has 0 spiro atoms. The van der Waals surface area contributed by atoms with Crippen LogP contribution in [0.3, 0.4) is 0 Å². The van der Waals surface area contributed by atoms with Crippen LogP contribution in [0.2, 0.25) is 0 Å². The van der Waals surface area contributed by atoms with Gasteiger partial charge in [-0.3, -0.25) is 10.1 Å². The average molecular weight is 341 g/mol.